The molecule has 0 aromatic heterocycles. The van der Waals surface area contributed by atoms with E-state index in [1.54, 1.807) is 0 Å². The molecule has 3 rings (SSSR count). The lowest BCUT2D eigenvalue weighted by molar-refractivity contribution is -0.141. The maximum Gasteiger partial charge on any atom is 0.317 e. The SMILES string of the molecule is O=C(O)CCC(Cc1ccccc1)NC(=O)N1CCOC2(CCC2)C1. The summed E-state index contributed by atoms with van der Waals surface area (Å²) in [5.74, 6) is -0.841. The van der Waals surface area contributed by atoms with E-state index in [2.05, 4.69) is 5.32 Å². The van der Waals surface area contributed by atoms with Crippen LogP contribution in [0.4, 0.5) is 4.79 Å². The van der Waals surface area contributed by atoms with Gasteiger partial charge in [-0.3, -0.25) is 4.79 Å². The highest BCUT2D eigenvalue weighted by Gasteiger charge is 2.43. The normalized spacial score (nSPS) is 19.9. The number of nitrogens with one attached hydrogen (secondary N) is 1. The van der Waals surface area contributed by atoms with Crippen molar-refractivity contribution in [1.82, 2.24) is 10.2 Å². The summed E-state index contributed by atoms with van der Waals surface area (Å²) in [6.07, 6.45) is 4.29. The van der Waals surface area contributed by atoms with Gasteiger partial charge in [0.2, 0.25) is 0 Å². The van der Waals surface area contributed by atoms with Crippen LogP contribution in [0.15, 0.2) is 30.3 Å². The number of hydrogen-bond donors (Lipinski definition) is 2. The van der Waals surface area contributed by atoms with Crippen LogP contribution in [-0.2, 0) is 16.0 Å². The summed E-state index contributed by atoms with van der Waals surface area (Å²) < 4.78 is 5.86. The van der Waals surface area contributed by atoms with Crippen LogP contribution in [0.2, 0.25) is 0 Å². The highest BCUT2D eigenvalue weighted by molar-refractivity contribution is 5.75. The Hall–Kier alpha value is -2.08. The van der Waals surface area contributed by atoms with Crippen molar-refractivity contribution in [3.05, 3.63) is 35.9 Å². The van der Waals surface area contributed by atoms with Gasteiger partial charge >= 0.3 is 12.0 Å². The van der Waals surface area contributed by atoms with Gasteiger partial charge in [-0.15, -0.1) is 0 Å². The lowest BCUT2D eigenvalue weighted by Crippen LogP contribution is -2.59. The van der Waals surface area contributed by atoms with Crippen molar-refractivity contribution in [3.63, 3.8) is 0 Å². The van der Waals surface area contributed by atoms with E-state index in [4.69, 9.17) is 9.84 Å². The summed E-state index contributed by atoms with van der Waals surface area (Å²) in [5.41, 5.74) is 0.960. The first-order valence-electron chi connectivity index (χ1n) is 9.01. The number of ether oxygens (including phenoxy) is 1. The van der Waals surface area contributed by atoms with Crippen molar-refractivity contribution in [2.75, 3.05) is 19.7 Å². The Balaban J connectivity index is 1.59. The number of amides is 2. The Morgan fingerprint density at radius 2 is 2.04 bits per heavy atom. The van der Waals surface area contributed by atoms with E-state index in [0.29, 0.717) is 32.5 Å². The minimum absolute atomic E-state index is 0.0465. The Morgan fingerprint density at radius 1 is 1.28 bits per heavy atom. The molecule has 6 nitrogen and oxygen atoms in total. The third-order valence-electron chi connectivity index (χ3n) is 5.16. The number of carboxylic acids is 1. The van der Waals surface area contributed by atoms with Crippen LogP contribution >= 0.6 is 0 Å². The monoisotopic (exact) mass is 346 g/mol. The standard InChI is InChI=1S/C19H26N2O4/c22-17(23)8-7-16(13-15-5-2-1-3-6-15)20-18(24)21-11-12-25-19(14-21)9-4-10-19/h1-3,5-6,16H,4,7-14H2,(H,20,24)(H,22,23). The highest BCUT2D eigenvalue weighted by atomic mass is 16.5. The molecule has 1 saturated carbocycles. The Kier molecular flexibility index (Phi) is 5.58. The fourth-order valence-electron chi connectivity index (χ4n) is 3.58. The molecule has 1 atom stereocenters. The molecule has 1 aliphatic carbocycles. The lowest BCUT2D eigenvalue weighted by Gasteiger charge is -2.48. The number of carbonyl (C=O) groups is 2. The van der Waals surface area contributed by atoms with Crippen LogP contribution in [-0.4, -0.2) is 53.3 Å². The number of aliphatic carboxylic acids is 1. The van der Waals surface area contributed by atoms with Crippen molar-refractivity contribution >= 4 is 12.0 Å². The number of benzene rings is 1. The van der Waals surface area contributed by atoms with Gasteiger partial charge in [0.25, 0.3) is 0 Å². The average Bonchev–Trinajstić information content (AvgIpc) is 2.59. The first-order chi connectivity index (χ1) is 12.1. The van der Waals surface area contributed by atoms with Crippen LogP contribution in [0.25, 0.3) is 0 Å². The highest BCUT2D eigenvalue weighted by Crippen LogP contribution is 2.38. The second-order valence-corrected chi connectivity index (χ2v) is 7.08. The number of morpholine rings is 1. The fourth-order valence-corrected chi connectivity index (χ4v) is 3.58. The van der Waals surface area contributed by atoms with Crippen LogP contribution in [0, 0.1) is 0 Å². The summed E-state index contributed by atoms with van der Waals surface area (Å²) in [7, 11) is 0. The molecule has 2 N–H and O–H groups in total. The largest absolute Gasteiger partial charge is 0.481 e. The molecule has 1 unspecified atom stereocenters. The molecular weight excluding hydrogens is 320 g/mol. The van der Waals surface area contributed by atoms with E-state index >= 15 is 0 Å². The van der Waals surface area contributed by atoms with Crippen molar-refractivity contribution in [2.24, 2.45) is 0 Å². The second-order valence-electron chi connectivity index (χ2n) is 7.08. The summed E-state index contributed by atoms with van der Waals surface area (Å²) in [6, 6.07) is 9.55. The van der Waals surface area contributed by atoms with Gasteiger partial charge in [0, 0.05) is 19.0 Å². The molecule has 1 aromatic rings. The molecule has 1 aromatic carbocycles. The zero-order valence-corrected chi connectivity index (χ0v) is 14.4. The molecule has 2 fully saturated rings. The molecule has 1 heterocycles. The quantitative estimate of drug-likeness (QED) is 0.829. The van der Waals surface area contributed by atoms with Crippen LogP contribution in [0.1, 0.15) is 37.7 Å². The molecule has 1 aliphatic heterocycles. The first-order valence-corrected chi connectivity index (χ1v) is 9.01. The summed E-state index contributed by atoms with van der Waals surface area (Å²) >= 11 is 0. The van der Waals surface area contributed by atoms with Crippen molar-refractivity contribution in [2.45, 2.75) is 50.2 Å². The van der Waals surface area contributed by atoms with E-state index in [-0.39, 0.29) is 24.1 Å². The third-order valence-corrected chi connectivity index (χ3v) is 5.16. The minimum Gasteiger partial charge on any atom is -0.481 e. The van der Waals surface area contributed by atoms with Gasteiger partial charge in [-0.1, -0.05) is 30.3 Å². The molecule has 25 heavy (non-hydrogen) atoms. The van der Waals surface area contributed by atoms with Gasteiger partial charge in [-0.2, -0.15) is 0 Å². The maximum atomic E-state index is 12.7. The minimum atomic E-state index is -0.841. The summed E-state index contributed by atoms with van der Waals surface area (Å²) in [5, 5.41) is 12.0. The molecule has 1 saturated heterocycles. The van der Waals surface area contributed by atoms with Gasteiger partial charge in [0.05, 0.1) is 18.8 Å². The number of carboxylic acid groups (broad SMARTS) is 1. The van der Waals surface area contributed by atoms with E-state index < -0.39 is 5.97 Å². The maximum absolute atomic E-state index is 12.7. The molecule has 2 aliphatic rings. The first kappa shape index (κ1) is 17.7. The van der Waals surface area contributed by atoms with Crippen LogP contribution in [0.3, 0.4) is 0 Å². The van der Waals surface area contributed by atoms with E-state index in [0.717, 1.165) is 24.8 Å². The number of rotatable bonds is 6. The molecule has 2 amide bonds. The van der Waals surface area contributed by atoms with Crippen molar-refractivity contribution in [3.8, 4) is 0 Å². The Morgan fingerprint density at radius 3 is 2.68 bits per heavy atom. The van der Waals surface area contributed by atoms with Gasteiger partial charge in [-0.05, 0) is 37.7 Å². The smallest absolute Gasteiger partial charge is 0.317 e. The van der Waals surface area contributed by atoms with Crippen LogP contribution in [0.5, 0.6) is 0 Å². The number of urea groups is 1. The average molecular weight is 346 g/mol. The number of carbonyl (C=O) groups excluding carboxylic acids is 1. The molecule has 0 radical (unpaired) electrons. The molecule has 0 bridgehead atoms. The predicted octanol–water partition coefficient (Wildman–Crippen LogP) is 2.43. The van der Waals surface area contributed by atoms with E-state index in [1.165, 1.54) is 0 Å². The molecule has 6 heteroatoms. The van der Waals surface area contributed by atoms with Gasteiger partial charge < -0.3 is 20.1 Å². The number of nitrogens with zero attached hydrogens (tertiary/aromatic N) is 1. The third kappa shape index (κ3) is 4.72. The topological polar surface area (TPSA) is 78.9 Å². The van der Waals surface area contributed by atoms with E-state index in [9.17, 15) is 9.59 Å². The lowest BCUT2D eigenvalue weighted by atomic mass is 9.79. The summed E-state index contributed by atoms with van der Waals surface area (Å²) in [6.45, 7) is 1.80. The van der Waals surface area contributed by atoms with Gasteiger partial charge in [0.15, 0.2) is 0 Å². The van der Waals surface area contributed by atoms with Gasteiger partial charge in [-0.25, -0.2) is 4.79 Å². The molecular formula is C19H26N2O4. The van der Waals surface area contributed by atoms with E-state index in [1.807, 2.05) is 35.2 Å². The van der Waals surface area contributed by atoms with Crippen LogP contribution < -0.4 is 5.32 Å². The van der Waals surface area contributed by atoms with Gasteiger partial charge in [0.1, 0.15) is 0 Å². The second kappa shape index (κ2) is 7.87. The zero-order valence-electron chi connectivity index (χ0n) is 14.4. The van der Waals surface area contributed by atoms with Crippen molar-refractivity contribution in [1.29, 1.82) is 0 Å². The Labute approximate surface area is 148 Å². The van der Waals surface area contributed by atoms with Crippen molar-refractivity contribution < 1.29 is 19.4 Å². The molecule has 1 spiro atoms. The number of hydrogen-bond acceptors (Lipinski definition) is 3. The molecule has 136 valence electrons. The Bertz CT molecular complexity index is 601. The fraction of sp³-hybridized carbons (Fsp3) is 0.579. The predicted molar refractivity (Wildman–Crippen MR) is 93.4 cm³/mol. The zero-order chi connectivity index (χ0) is 17.7. The summed E-state index contributed by atoms with van der Waals surface area (Å²) in [4.78, 5) is 25.4.